The van der Waals surface area contributed by atoms with E-state index in [-0.39, 0.29) is 24.4 Å². The minimum atomic E-state index is -1.13. The van der Waals surface area contributed by atoms with E-state index in [1.165, 1.54) is 11.8 Å². The van der Waals surface area contributed by atoms with E-state index in [2.05, 4.69) is 4.98 Å². The van der Waals surface area contributed by atoms with Crippen molar-refractivity contribution in [3.05, 3.63) is 23.8 Å². The van der Waals surface area contributed by atoms with Gasteiger partial charge in [-0.3, -0.25) is 4.79 Å². The summed E-state index contributed by atoms with van der Waals surface area (Å²) in [4.78, 5) is 29.5. The molecule has 0 spiro atoms. The number of aromatic nitrogens is 2. The van der Waals surface area contributed by atoms with Gasteiger partial charge >= 0.3 is 0 Å². The molecule has 2 saturated heterocycles. The van der Waals surface area contributed by atoms with Gasteiger partial charge in [-0.25, -0.2) is 9.55 Å². The summed E-state index contributed by atoms with van der Waals surface area (Å²) in [6.45, 7) is 4.11. The number of carbonyl (C=O) groups excluding carboxylic acids is 2. The molecule has 8 heteroatoms. The first-order chi connectivity index (χ1) is 10.3. The van der Waals surface area contributed by atoms with Crippen LogP contribution < -0.4 is 15.4 Å². The largest absolute Gasteiger partial charge is 0.549 e. The number of rotatable bonds is 3. The minimum Gasteiger partial charge on any atom is -0.549 e. The summed E-state index contributed by atoms with van der Waals surface area (Å²) in [6, 6.07) is -0.511. The van der Waals surface area contributed by atoms with Gasteiger partial charge < -0.3 is 20.5 Å². The molecule has 0 radical (unpaired) electrons. The quantitative estimate of drug-likeness (QED) is 0.508. The molecule has 1 aromatic rings. The Bertz CT molecular complexity index is 633. The number of nitrogens with two attached hydrogens (primary N) is 1. The van der Waals surface area contributed by atoms with Gasteiger partial charge in [0, 0.05) is 12.3 Å². The minimum absolute atomic E-state index is 0.106. The summed E-state index contributed by atoms with van der Waals surface area (Å²) in [5.41, 5.74) is 6.27. The molecule has 2 fully saturated rings. The zero-order valence-corrected chi connectivity index (χ0v) is 13.3. The van der Waals surface area contributed by atoms with Crippen molar-refractivity contribution in [3.8, 4) is 0 Å². The highest BCUT2D eigenvalue weighted by atomic mass is 32.2. The molecule has 2 aliphatic rings. The third-order valence-electron chi connectivity index (χ3n) is 4.16. The lowest BCUT2D eigenvalue weighted by Gasteiger charge is -2.53. The molecule has 118 valence electrons. The van der Waals surface area contributed by atoms with Crippen LogP contribution >= 0.6 is 11.8 Å². The molecule has 3 atom stereocenters. The normalized spacial score (nSPS) is 30.7. The SMILES string of the molecule is Cc1c[n+](CC2(C(=O)[O-])CS[C@@H]3C(N)C(=O)N3C2)cc(C)n1. The summed E-state index contributed by atoms with van der Waals surface area (Å²) in [7, 11) is 0. The highest BCUT2D eigenvalue weighted by Crippen LogP contribution is 2.41. The molecule has 0 aromatic carbocycles. The number of carbonyl (C=O) groups is 2. The topological polar surface area (TPSA) is 103 Å². The fraction of sp³-hybridized carbons (Fsp3) is 0.571. The first-order valence-corrected chi connectivity index (χ1v) is 8.11. The van der Waals surface area contributed by atoms with E-state index in [0.29, 0.717) is 5.75 Å². The smallest absolute Gasteiger partial charge is 0.243 e. The first kappa shape index (κ1) is 15.2. The van der Waals surface area contributed by atoms with Crippen molar-refractivity contribution < 1.29 is 19.3 Å². The molecule has 22 heavy (non-hydrogen) atoms. The number of hydrogen-bond donors (Lipinski definition) is 1. The summed E-state index contributed by atoms with van der Waals surface area (Å²) in [5.74, 6) is -0.938. The van der Waals surface area contributed by atoms with Crippen LogP contribution in [0.5, 0.6) is 0 Å². The second-order valence-corrected chi connectivity index (χ2v) is 7.19. The Labute approximate surface area is 132 Å². The van der Waals surface area contributed by atoms with Crippen LogP contribution in [0.4, 0.5) is 0 Å². The lowest BCUT2D eigenvalue weighted by molar-refractivity contribution is -0.708. The van der Waals surface area contributed by atoms with Gasteiger partial charge in [-0.2, -0.15) is 0 Å². The van der Waals surface area contributed by atoms with Crippen molar-refractivity contribution in [2.45, 2.75) is 31.8 Å². The zero-order valence-electron chi connectivity index (χ0n) is 12.5. The van der Waals surface area contributed by atoms with Gasteiger partial charge in [-0.15, -0.1) is 11.8 Å². The molecule has 2 unspecified atom stereocenters. The third-order valence-corrected chi connectivity index (χ3v) is 5.77. The molecule has 3 heterocycles. The van der Waals surface area contributed by atoms with Crippen molar-refractivity contribution in [2.24, 2.45) is 11.1 Å². The van der Waals surface area contributed by atoms with E-state index in [1.54, 1.807) is 17.3 Å². The number of carboxylic acids is 1. The van der Waals surface area contributed by atoms with Gasteiger partial charge in [0.15, 0.2) is 18.9 Å². The Morgan fingerprint density at radius 1 is 1.55 bits per heavy atom. The fourth-order valence-electron chi connectivity index (χ4n) is 3.11. The van der Waals surface area contributed by atoms with Crippen LogP contribution in [-0.2, 0) is 16.1 Å². The zero-order chi connectivity index (χ0) is 16.1. The van der Waals surface area contributed by atoms with Crippen molar-refractivity contribution in [1.82, 2.24) is 9.88 Å². The highest BCUT2D eigenvalue weighted by Gasteiger charge is 2.54. The number of amides is 1. The van der Waals surface area contributed by atoms with E-state index in [4.69, 9.17) is 5.73 Å². The number of β-lactam (4-membered cyclic amide) rings is 1. The third kappa shape index (κ3) is 2.36. The van der Waals surface area contributed by atoms with Crippen molar-refractivity contribution >= 4 is 23.6 Å². The molecule has 2 aliphatic heterocycles. The number of aliphatic carboxylic acids is 1. The van der Waals surface area contributed by atoms with E-state index < -0.39 is 17.4 Å². The van der Waals surface area contributed by atoms with Crippen LogP contribution in [0.25, 0.3) is 0 Å². The molecular weight excluding hydrogens is 304 g/mol. The Hall–Kier alpha value is -1.67. The van der Waals surface area contributed by atoms with Crippen LogP contribution in [0.15, 0.2) is 12.4 Å². The van der Waals surface area contributed by atoms with Crippen LogP contribution in [-0.4, -0.2) is 45.5 Å². The molecule has 0 bridgehead atoms. The Morgan fingerprint density at radius 2 is 2.18 bits per heavy atom. The van der Waals surface area contributed by atoms with E-state index >= 15 is 0 Å². The van der Waals surface area contributed by atoms with Gasteiger partial charge in [0.05, 0.1) is 11.4 Å². The Morgan fingerprint density at radius 3 is 2.77 bits per heavy atom. The maximum absolute atomic E-state index is 11.8. The first-order valence-electron chi connectivity index (χ1n) is 7.06. The number of carboxylic acid groups (broad SMARTS) is 1. The Kier molecular flexibility index (Phi) is 3.60. The number of aryl methyl sites for hydroxylation is 2. The van der Waals surface area contributed by atoms with Crippen LogP contribution in [0.1, 0.15) is 11.4 Å². The van der Waals surface area contributed by atoms with Gasteiger partial charge in [0.25, 0.3) is 0 Å². The molecule has 0 aliphatic carbocycles. The lowest BCUT2D eigenvalue weighted by Crippen LogP contribution is -2.74. The fourth-order valence-corrected chi connectivity index (χ4v) is 4.58. The summed E-state index contributed by atoms with van der Waals surface area (Å²) in [5, 5.41) is 11.7. The standard InChI is InChI=1S/C14H18N4O3S/c1-8-3-17(4-9(2)16-8)5-14(13(20)21)6-18-11(19)10(15)12(18)22-7-14/h3-4,10,12H,5-7,15H2,1-2H3/t10?,12-,14?/m1/s1. The summed E-state index contributed by atoms with van der Waals surface area (Å²) >= 11 is 1.42. The van der Waals surface area contributed by atoms with E-state index in [9.17, 15) is 14.7 Å². The van der Waals surface area contributed by atoms with E-state index in [1.807, 2.05) is 18.4 Å². The average molecular weight is 322 g/mol. The predicted octanol–water partition coefficient (Wildman–Crippen LogP) is -2.04. The number of fused-ring (bicyclic) bond motifs is 1. The summed E-state index contributed by atoms with van der Waals surface area (Å²) < 4.78 is 1.82. The summed E-state index contributed by atoms with van der Waals surface area (Å²) in [6.07, 6.45) is 3.61. The predicted molar refractivity (Wildman–Crippen MR) is 77.3 cm³/mol. The molecule has 1 amide bonds. The van der Waals surface area contributed by atoms with Gasteiger partial charge in [0.1, 0.15) is 22.8 Å². The highest BCUT2D eigenvalue weighted by molar-refractivity contribution is 8.00. The van der Waals surface area contributed by atoms with Gasteiger partial charge in [0.2, 0.25) is 5.91 Å². The second kappa shape index (κ2) is 5.20. The molecule has 2 N–H and O–H groups in total. The van der Waals surface area contributed by atoms with Crippen molar-refractivity contribution in [3.63, 3.8) is 0 Å². The maximum Gasteiger partial charge on any atom is 0.243 e. The van der Waals surface area contributed by atoms with Crippen molar-refractivity contribution in [2.75, 3.05) is 12.3 Å². The van der Waals surface area contributed by atoms with Gasteiger partial charge in [-0.05, 0) is 13.8 Å². The number of nitrogens with zero attached hydrogens (tertiary/aromatic N) is 3. The number of hydrogen-bond acceptors (Lipinski definition) is 6. The average Bonchev–Trinajstić information content (AvgIpc) is 2.45. The van der Waals surface area contributed by atoms with Crippen LogP contribution in [0, 0.1) is 19.3 Å². The van der Waals surface area contributed by atoms with Gasteiger partial charge in [-0.1, -0.05) is 0 Å². The molecule has 1 aromatic heterocycles. The lowest BCUT2D eigenvalue weighted by atomic mass is 9.87. The molecule has 0 saturated carbocycles. The maximum atomic E-state index is 11.8. The second-order valence-electron chi connectivity index (χ2n) is 6.09. The Balaban J connectivity index is 1.87. The van der Waals surface area contributed by atoms with Crippen LogP contribution in [0.3, 0.4) is 0 Å². The monoisotopic (exact) mass is 322 g/mol. The molecule has 3 rings (SSSR count). The number of thioether (sulfide) groups is 1. The van der Waals surface area contributed by atoms with E-state index in [0.717, 1.165) is 11.4 Å². The molecule has 7 nitrogen and oxygen atoms in total. The molecular formula is C14H18N4O3S. The van der Waals surface area contributed by atoms with Crippen molar-refractivity contribution in [1.29, 1.82) is 0 Å². The van der Waals surface area contributed by atoms with Crippen LogP contribution in [0.2, 0.25) is 0 Å².